The Balaban J connectivity index is 1.56. The largest absolute Gasteiger partial charge is 0.349 e. The molecule has 1 N–H and O–H groups in total. The Morgan fingerprint density at radius 3 is 2.76 bits per heavy atom. The molecule has 0 aliphatic heterocycles. The standard InChI is InChI=1S/C23H24ClN7OS2/c1-15-4-5-17(24)12-19(15)31-21(16-6-8-25-9-7-16)28-29-23(31)34-14-20-27-18(13-33-20)22(32)26-10-11-30(2)3/h4-9,12-13H,10-11,14H2,1-3H3,(H,26,32). The van der Waals surface area contributed by atoms with Gasteiger partial charge in [-0.05, 0) is 50.8 Å². The molecule has 1 amide bonds. The summed E-state index contributed by atoms with van der Waals surface area (Å²) >= 11 is 9.29. The van der Waals surface area contributed by atoms with Gasteiger partial charge in [0.2, 0.25) is 0 Å². The highest BCUT2D eigenvalue weighted by molar-refractivity contribution is 7.98. The van der Waals surface area contributed by atoms with Gasteiger partial charge in [0.1, 0.15) is 10.7 Å². The highest BCUT2D eigenvalue weighted by Gasteiger charge is 2.19. The smallest absolute Gasteiger partial charge is 0.270 e. The second-order valence-corrected chi connectivity index (χ2v) is 10.1. The van der Waals surface area contributed by atoms with E-state index in [1.165, 1.54) is 23.1 Å². The molecule has 0 spiro atoms. The molecule has 3 heterocycles. The van der Waals surface area contributed by atoms with Crippen molar-refractivity contribution in [2.24, 2.45) is 0 Å². The van der Waals surface area contributed by atoms with Crippen molar-refractivity contribution in [1.29, 1.82) is 0 Å². The maximum atomic E-state index is 12.3. The summed E-state index contributed by atoms with van der Waals surface area (Å²) < 4.78 is 2.00. The number of carbonyl (C=O) groups is 1. The van der Waals surface area contributed by atoms with E-state index in [4.69, 9.17) is 11.6 Å². The molecule has 0 atom stereocenters. The number of hydrogen-bond donors (Lipinski definition) is 1. The average molecular weight is 514 g/mol. The van der Waals surface area contributed by atoms with E-state index < -0.39 is 0 Å². The molecule has 0 aliphatic carbocycles. The Morgan fingerprint density at radius 2 is 2.00 bits per heavy atom. The third-order valence-corrected chi connectivity index (χ3v) is 7.14. The minimum atomic E-state index is -0.160. The number of carbonyl (C=O) groups excluding carboxylic acids is 1. The maximum Gasteiger partial charge on any atom is 0.270 e. The number of amides is 1. The fraction of sp³-hybridized carbons (Fsp3) is 0.261. The zero-order valence-corrected chi connectivity index (χ0v) is 21.4. The van der Waals surface area contributed by atoms with E-state index in [0.717, 1.165) is 28.4 Å². The molecule has 4 rings (SSSR count). The van der Waals surface area contributed by atoms with Crippen LogP contribution in [0.1, 0.15) is 21.1 Å². The molecule has 0 saturated heterocycles. The van der Waals surface area contributed by atoms with Gasteiger partial charge in [-0.1, -0.05) is 29.4 Å². The Kier molecular flexibility index (Phi) is 7.94. The molecule has 4 aromatic rings. The lowest BCUT2D eigenvalue weighted by molar-refractivity contribution is 0.0946. The average Bonchev–Trinajstić information content (AvgIpc) is 3.47. The molecule has 0 saturated carbocycles. The van der Waals surface area contributed by atoms with Crippen LogP contribution >= 0.6 is 34.7 Å². The quantitative estimate of drug-likeness (QED) is 0.333. The van der Waals surface area contributed by atoms with Crippen molar-refractivity contribution in [2.75, 3.05) is 27.2 Å². The molecule has 3 aromatic heterocycles. The van der Waals surface area contributed by atoms with Crippen molar-refractivity contribution in [3.63, 3.8) is 0 Å². The zero-order chi connectivity index (χ0) is 24.1. The van der Waals surface area contributed by atoms with Crippen LogP contribution in [0.5, 0.6) is 0 Å². The molecule has 176 valence electrons. The van der Waals surface area contributed by atoms with Crippen LogP contribution in [0.25, 0.3) is 17.1 Å². The SMILES string of the molecule is Cc1ccc(Cl)cc1-n1c(SCc2nc(C(=O)NCCN(C)C)cs2)nnc1-c1ccncc1. The van der Waals surface area contributed by atoms with Gasteiger partial charge in [0.25, 0.3) is 5.91 Å². The summed E-state index contributed by atoms with van der Waals surface area (Å²) in [6, 6.07) is 9.55. The van der Waals surface area contributed by atoms with Gasteiger partial charge in [-0.25, -0.2) is 4.98 Å². The van der Waals surface area contributed by atoms with Crippen LogP contribution in [-0.2, 0) is 5.75 Å². The van der Waals surface area contributed by atoms with E-state index in [1.807, 2.05) is 60.8 Å². The molecule has 34 heavy (non-hydrogen) atoms. The first-order valence-corrected chi connectivity index (χ1v) is 12.8. The van der Waals surface area contributed by atoms with E-state index in [9.17, 15) is 4.79 Å². The second kappa shape index (κ2) is 11.1. The summed E-state index contributed by atoms with van der Waals surface area (Å²) in [4.78, 5) is 23.0. The molecular formula is C23H24ClN7OS2. The number of hydrogen-bond acceptors (Lipinski definition) is 8. The topological polar surface area (TPSA) is 88.8 Å². The first-order chi connectivity index (χ1) is 16.4. The lowest BCUT2D eigenvalue weighted by atomic mass is 10.2. The number of rotatable bonds is 9. The first-order valence-electron chi connectivity index (χ1n) is 10.5. The summed E-state index contributed by atoms with van der Waals surface area (Å²) in [5, 5.41) is 15.8. The summed E-state index contributed by atoms with van der Waals surface area (Å²) in [5.74, 6) is 1.10. The number of aromatic nitrogens is 5. The molecular weight excluding hydrogens is 490 g/mol. The van der Waals surface area contributed by atoms with Crippen LogP contribution in [0.2, 0.25) is 5.02 Å². The van der Waals surface area contributed by atoms with Gasteiger partial charge in [0.15, 0.2) is 11.0 Å². The van der Waals surface area contributed by atoms with E-state index in [1.54, 1.807) is 17.8 Å². The van der Waals surface area contributed by atoms with Gasteiger partial charge in [0.05, 0.1) is 11.4 Å². The fourth-order valence-corrected chi connectivity index (χ4v) is 5.09. The van der Waals surface area contributed by atoms with Crippen LogP contribution in [-0.4, -0.2) is 62.7 Å². The normalized spacial score (nSPS) is 11.2. The monoisotopic (exact) mass is 513 g/mol. The number of nitrogens with zero attached hydrogens (tertiary/aromatic N) is 6. The molecule has 1 aromatic carbocycles. The summed E-state index contributed by atoms with van der Waals surface area (Å²) in [7, 11) is 3.93. The number of halogens is 1. The van der Waals surface area contributed by atoms with Gasteiger partial charge >= 0.3 is 0 Å². The Morgan fingerprint density at radius 1 is 1.21 bits per heavy atom. The van der Waals surface area contributed by atoms with Crippen LogP contribution in [0.4, 0.5) is 0 Å². The number of thiazole rings is 1. The number of likely N-dealkylation sites (N-methyl/N-ethyl adjacent to an activating group) is 1. The third-order valence-electron chi connectivity index (χ3n) is 4.94. The summed E-state index contributed by atoms with van der Waals surface area (Å²) in [6.45, 7) is 3.38. The van der Waals surface area contributed by atoms with Gasteiger partial charge in [0, 0.05) is 41.4 Å². The van der Waals surface area contributed by atoms with E-state index >= 15 is 0 Å². The zero-order valence-electron chi connectivity index (χ0n) is 19.0. The Hall–Kier alpha value is -2.79. The van der Waals surface area contributed by atoms with Crippen molar-refractivity contribution in [3.8, 4) is 17.1 Å². The van der Waals surface area contributed by atoms with E-state index in [0.29, 0.717) is 34.0 Å². The molecule has 11 heteroatoms. The predicted octanol–water partition coefficient (Wildman–Crippen LogP) is 4.33. The van der Waals surface area contributed by atoms with Gasteiger partial charge in [-0.2, -0.15) is 0 Å². The number of thioether (sulfide) groups is 1. The summed E-state index contributed by atoms with van der Waals surface area (Å²) in [5.41, 5.74) is 3.29. The Bertz CT molecular complexity index is 1270. The van der Waals surface area contributed by atoms with Crippen LogP contribution in [0, 0.1) is 6.92 Å². The lowest BCUT2D eigenvalue weighted by Crippen LogP contribution is -2.31. The van der Waals surface area contributed by atoms with E-state index in [2.05, 4.69) is 25.5 Å². The van der Waals surface area contributed by atoms with Crippen molar-refractivity contribution >= 4 is 40.6 Å². The predicted molar refractivity (Wildman–Crippen MR) is 137 cm³/mol. The fourth-order valence-electron chi connectivity index (χ4n) is 3.18. The van der Waals surface area contributed by atoms with E-state index in [-0.39, 0.29) is 5.91 Å². The Labute approximate surface area is 211 Å². The van der Waals surface area contributed by atoms with Gasteiger partial charge in [-0.15, -0.1) is 21.5 Å². The minimum Gasteiger partial charge on any atom is -0.349 e. The number of nitrogens with one attached hydrogen (secondary N) is 1. The lowest BCUT2D eigenvalue weighted by Gasteiger charge is -2.13. The van der Waals surface area contributed by atoms with Crippen molar-refractivity contribution in [1.82, 2.24) is 34.9 Å². The van der Waals surface area contributed by atoms with Gasteiger partial charge in [-0.3, -0.25) is 14.3 Å². The molecule has 0 radical (unpaired) electrons. The molecule has 0 bridgehead atoms. The molecule has 8 nitrogen and oxygen atoms in total. The van der Waals surface area contributed by atoms with Crippen LogP contribution in [0.15, 0.2) is 53.3 Å². The van der Waals surface area contributed by atoms with Gasteiger partial charge < -0.3 is 10.2 Å². The molecule has 0 aliphatic rings. The number of pyridine rings is 1. The summed E-state index contributed by atoms with van der Waals surface area (Å²) in [6.07, 6.45) is 3.46. The molecule has 0 unspecified atom stereocenters. The maximum absolute atomic E-state index is 12.3. The first kappa shape index (κ1) is 24.3. The number of aryl methyl sites for hydroxylation is 1. The highest BCUT2D eigenvalue weighted by Crippen LogP contribution is 2.32. The highest BCUT2D eigenvalue weighted by atomic mass is 35.5. The van der Waals surface area contributed by atoms with Crippen molar-refractivity contribution in [2.45, 2.75) is 17.8 Å². The second-order valence-electron chi connectivity index (χ2n) is 7.78. The van der Waals surface area contributed by atoms with Crippen LogP contribution < -0.4 is 5.32 Å². The van der Waals surface area contributed by atoms with Crippen LogP contribution in [0.3, 0.4) is 0 Å². The molecule has 0 fully saturated rings. The van der Waals surface area contributed by atoms with Crippen molar-refractivity contribution in [3.05, 3.63) is 69.4 Å². The third kappa shape index (κ3) is 5.82. The van der Waals surface area contributed by atoms with Crippen molar-refractivity contribution < 1.29 is 4.79 Å². The minimum absolute atomic E-state index is 0.160. The number of benzene rings is 1.